The number of hydrogen-bond acceptors (Lipinski definition) is 2. The lowest BCUT2D eigenvalue weighted by Gasteiger charge is -2.21. The van der Waals surface area contributed by atoms with Gasteiger partial charge in [-0.25, -0.2) is 0 Å². The molecule has 164 valence electrons. The van der Waals surface area contributed by atoms with Crippen LogP contribution in [0.4, 0.5) is 0 Å². The van der Waals surface area contributed by atoms with E-state index in [-0.39, 0.29) is 24.4 Å². The molecule has 2 aliphatic heterocycles. The van der Waals surface area contributed by atoms with Gasteiger partial charge in [0.15, 0.2) is 0 Å². The third-order valence-electron chi connectivity index (χ3n) is 7.00. The van der Waals surface area contributed by atoms with E-state index in [0.717, 1.165) is 19.3 Å². The maximum atomic E-state index is 5.94. The fraction of sp³-hybridized carbons (Fsp3) is 0.448. The van der Waals surface area contributed by atoms with Crippen molar-refractivity contribution in [3.05, 3.63) is 95.1 Å². The van der Waals surface area contributed by atoms with E-state index in [9.17, 15) is 0 Å². The van der Waals surface area contributed by atoms with Crippen LogP contribution in [0.3, 0.4) is 0 Å². The molecular formula is C29H36O2. The average molecular weight is 417 g/mol. The predicted molar refractivity (Wildman–Crippen MR) is 128 cm³/mol. The lowest BCUT2D eigenvalue weighted by atomic mass is 9.84. The Hall–Kier alpha value is -2.16. The van der Waals surface area contributed by atoms with Crippen molar-refractivity contribution in [3.8, 4) is 0 Å². The van der Waals surface area contributed by atoms with Gasteiger partial charge in [0.2, 0.25) is 0 Å². The maximum absolute atomic E-state index is 5.94. The van der Waals surface area contributed by atoms with Crippen LogP contribution in [0.5, 0.6) is 0 Å². The zero-order valence-corrected chi connectivity index (χ0v) is 19.4. The van der Waals surface area contributed by atoms with E-state index in [1.54, 1.807) is 0 Å². The van der Waals surface area contributed by atoms with Gasteiger partial charge in [0.05, 0.1) is 12.2 Å². The number of epoxide rings is 2. The second-order valence-corrected chi connectivity index (χ2v) is 9.77. The number of benzene rings is 2. The largest absolute Gasteiger partial charge is 0.364 e. The molecule has 2 saturated heterocycles. The van der Waals surface area contributed by atoms with Gasteiger partial charge in [0, 0.05) is 0 Å². The Kier molecular flexibility index (Phi) is 6.50. The summed E-state index contributed by atoms with van der Waals surface area (Å²) < 4.78 is 11.9. The van der Waals surface area contributed by atoms with Gasteiger partial charge in [0.25, 0.3) is 0 Å². The van der Waals surface area contributed by atoms with Crippen LogP contribution in [0.15, 0.2) is 72.8 Å². The standard InChI is InChI=1S/C29H36O2/c1-18-7-11-24(12-8-18)28-26(30-28)16-22(5)20(3)15-21(4)23(6)17-27-29(31-27)25-13-9-19(2)10-14-25/h7-14,20-21,26-29H,5-6,15-17H2,1-4H3/t20?,21?,26-,27-,28-,29-/m0/s1. The zero-order chi connectivity index (χ0) is 22.1. The highest BCUT2D eigenvalue weighted by atomic mass is 16.6. The molecule has 2 heterocycles. The fourth-order valence-corrected chi connectivity index (χ4v) is 4.48. The summed E-state index contributed by atoms with van der Waals surface area (Å²) in [5.41, 5.74) is 7.72. The molecule has 2 heteroatoms. The average Bonchev–Trinajstić information content (AvgIpc) is 3.66. The normalized spacial score (nSPS) is 26.2. The molecule has 31 heavy (non-hydrogen) atoms. The van der Waals surface area contributed by atoms with Gasteiger partial charge < -0.3 is 9.47 Å². The van der Waals surface area contributed by atoms with Gasteiger partial charge in [-0.15, -0.1) is 0 Å². The molecule has 0 N–H and O–H groups in total. The second-order valence-electron chi connectivity index (χ2n) is 9.77. The summed E-state index contributed by atoms with van der Waals surface area (Å²) in [6, 6.07) is 17.4. The number of aryl methyl sites for hydroxylation is 2. The summed E-state index contributed by atoms with van der Waals surface area (Å²) in [7, 11) is 0. The summed E-state index contributed by atoms with van der Waals surface area (Å²) in [6.07, 6.45) is 4.02. The zero-order valence-electron chi connectivity index (χ0n) is 19.4. The van der Waals surface area contributed by atoms with E-state index >= 15 is 0 Å². The van der Waals surface area contributed by atoms with Gasteiger partial charge >= 0.3 is 0 Å². The first-order valence-electron chi connectivity index (χ1n) is 11.6. The number of ether oxygens (including phenoxy) is 2. The fourth-order valence-electron chi connectivity index (χ4n) is 4.48. The molecule has 2 aromatic carbocycles. The molecular weight excluding hydrogens is 380 g/mol. The molecule has 0 saturated carbocycles. The molecule has 6 atom stereocenters. The van der Waals surface area contributed by atoms with Crippen molar-refractivity contribution in [2.24, 2.45) is 11.8 Å². The molecule has 0 aliphatic carbocycles. The molecule has 2 aliphatic rings. The minimum Gasteiger partial charge on any atom is -0.364 e. The summed E-state index contributed by atoms with van der Waals surface area (Å²) in [5.74, 6) is 0.922. The van der Waals surface area contributed by atoms with Crippen LogP contribution in [0.2, 0.25) is 0 Å². The van der Waals surface area contributed by atoms with E-state index in [4.69, 9.17) is 9.47 Å². The molecule has 2 fully saturated rings. The monoisotopic (exact) mass is 416 g/mol. The third-order valence-corrected chi connectivity index (χ3v) is 7.00. The van der Waals surface area contributed by atoms with Crippen molar-refractivity contribution >= 4 is 0 Å². The molecule has 0 spiro atoms. The Morgan fingerprint density at radius 1 is 0.710 bits per heavy atom. The molecule has 4 rings (SSSR count). The van der Waals surface area contributed by atoms with Crippen LogP contribution in [0.1, 0.15) is 67.6 Å². The molecule has 0 radical (unpaired) electrons. The summed E-state index contributed by atoms with van der Waals surface area (Å²) in [5, 5.41) is 0. The van der Waals surface area contributed by atoms with Crippen LogP contribution in [0.25, 0.3) is 0 Å². The minimum absolute atomic E-state index is 0.239. The van der Waals surface area contributed by atoms with Crippen LogP contribution in [-0.4, -0.2) is 12.2 Å². The van der Waals surface area contributed by atoms with Crippen molar-refractivity contribution in [1.29, 1.82) is 0 Å². The van der Waals surface area contributed by atoms with Gasteiger partial charge in [-0.2, -0.15) is 0 Å². The Morgan fingerprint density at radius 2 is 1.06 bits per heavy atom. The number of hydrogen-bond donors (Lipinski definition) is 0. The van der Waals surface area contributed by atoms with Crippen molar-refractivity contribution < 1.29 is 9.47 Å². The highest BCUT2D eigenvalue weighted by Gasteiger charge is 2.41. The first kappa shape index (κ1) is 22.0. The third kappa shape index (κ3) is 5.56. The van der Waals surface area contributed by atoms with Crippen molar-refractivity contribution in [2.75, 3.05) is 0 Å². The van der Waals surface area contributed by atoms with Crippen molar-refractivity contribution in [1.82, 2.24) is 0 Å². The van der Waals surface area contributed by atoms with Crippen molar-refractivity contribution in [3.63, 3.8) is 0 Å². The Morgan fingerprint density at radius 3 is 1.42 bits per heavy atom. The molecule has 0 bridgehead atoms. The van der Waals surface area contributed by atoms with E-state index in [0.29, 0.717) is 11.8 Å². The highest BCUT2D eigenvalue weighted by molar-refractivity contribution is 5.28. The van der Waals surface area contributed by atoms with Gasteiger partial charge in [-0.1, -0.05) is 97.8 Å². The maximum Gasteiger partial charge on any atom is 0.109 e. The van der Waals surface area contributed by atoms with Gasteiger partial charge in [-0.3, -0.25) is 0 Å². The second kappa shape index (κ2) is 9.14. The molecule has 2 aromatic rings. The quantitative estimate of drug-likeness (QED) is 0.297. The van der Waals surface area contributed by atoms with Crippen LogP contribution in [-0.2, 0) is 9.47 Å². The number of rotatable bonds is 10. The SMILES string of the molecule is C=C(C[C@@H]1O[C@H]1c1ccc(C)cc1)C(C)CC(C)C(=C)C[C@@H]1O[C@H]1c1ccc(C)cc1. The Labute approximate surface area is 188 Å². The Balaban J connectivity index is 1.20. The van der Waals surface area contributed by atoms with Crippen molar-refractivity contribution in [2.45, 2.75) is 71.4 Å². The summed E-state index contributed by atoms with van der Waals surface area (Å²) in [4.78, 5) is 0. The van der Waals surface area contributed by atoms with E-state index in [2.05, 4.69) is 89.4 Å². The van der Waals surface area contributed by atoms with Crippen LogP contribution >= 0.6 is 0 Å². The lowest BCUT2D eigenvalue weighted by molar-refractivity contribution is 0.361. The summed E-state index contributed by atoms with van der Waals surface area (Å²) in [6.45, 7) is 17.6. The molecule has 0 aromatic heterocycles. The minimum atomic E-state index is 0.239. The summed E-state index contributed by atoms with van der Waals surface area (Å²) >= 11 is 0. The first-order chi connectivity index (χ1) is 14.8. The van der Waals surface area contributed by atoms with E-state index in [1.807, 2.05) is 0 Å². The molecule has 2 unspecified atom stereocenters. The lowest BCUT2D eigenvalue weighted by Crippen LogP contribution is -2.10. The van der Waals surface area contributed by atoms with E-state index in [1.165, 1.54) is 33.4 Å². The highest BCUT2D eigenvalue weighted by Crippen LogP contribution is 2.45. The van der Waals surface area contributed by atoms with Crippen LogP contribution in [0, 0.1) is 25.7 Å². The predicted octanol–water partition coefficient (Wildman–Crippen LogP) is 7.44. The molecule has 0 amide bonds. The van der Waals surface area contributed by atoms with E-state index < -0.39 is 0 Å². The van der Waals surface area contributed by atoms with Crippen LogP contribution < -0.4 is 0 Å². The van der Waals surface area contributed by atoms with Gasteiger partial charge in [0.1, 0.15) is 12.2 Å². The Bertz CT molecular complexity index is 847. The van der Waals surface area contributed by atoms with Gasteiger partial charge in [-0.05, 0) is 56.1 Å². The topological polar surface area (TPSA) is 25.1 Å². The smallest absolute Gasteiger partial charge is 0.109 e. The first-order valence-corrected chi connectivity index (χ1v) is 11.6. The molecule has 2 nitrogen and oxygen atoms in total.